The highest BCUT2D eigenvalue weighted by Crippen LogP contribution is 2.15. The Balaban J connectivity index is 1.57. The summed E-state index contributed by atoms with van der Waals surface area (Å²) in [5, 5.41) is 12.0. The van der Waals surface area contributed by atoms with Crippen LogP contribution in [0.5, 0.6) is 0 Å². The molecule has 140 valence electrons. The van der Waals surface area contributed by atoms with Crippen molar-refractivity contribution in [3.05, 3.63) is 70.8 Å². The van der Waals surface area contributed by atoms with Crippen LogP contribution in [0.1, 0.15) is 39.9 Å². The molecule has 0 unspecified atom stereocenters. The van der Waals surface area contributed by atoms with Crippen LogP contribution < -0.4 is 5.32 Å². The first-order valence-corrected chi connectivity index (χ1v) is 8.96. The zero-order valence-corrected chi connectivity index (χ0v) is 15.0. The Labute approximate surface area is 157 Å². The van der Waals surface area contributed by atoms with Crippen LogP contribution in [0, 0.1) is 0 Å². The minimum atomic E-state index is -1.04. The second-order valence-electron chi connectivity index (χ2n) is 6.65. The van der Waals surface area contributed by atoms with Gasteiger partial charge >= 0.3 is 5.97 Å². The topological polar surface area (TPSA) is 86.7 Å². The number of amides is 2. The Morgan fingerprint density at radius 3 is 2.59 bits per heavy atom. The number of carbonyl (C=O) groups excluding carboxylic acids is 2. The summed E-state index contributed by atoms with van der Waals surface area (Å²) in [5.74, 6) is -1.09. The average Bonchev–Trinajstić information content (AvgIpc) is 3.05. The van der Waals surface area contributed by atoms with Gasteiger partial charge in [0.1, 0.15) is 0 Å². The van der Waals surface area contributed by atoms with Crippen molar-refractivity contribution in [1.29, 1.82) is 0 Å². The minimum Gasteiger partial charge on any atom is -0.478 e. The van der Waals surface area contributed by atoms with Crippen molar-refractivity contribution >= 4 is 17.8 Å². The number of benzene rings is 2. The van der Waals surface area contributed by atoms with Gasteiger partial charge in [-0.25, -0.2) is 4.79 Å². The van der Waals surface area contributed by atoms with Crippen LogP contribution in [0.15, 0.2) is 48.5 Å². The van der Waals surface area contributed by atoms with Gasteiger partial charge in [-0.1, -0.05) is 42.5 Å². The number of aromatic carboxylic acids is 1. The first kappa shape index (κ1) is 18.6. The standard InChI is InChI=1S/C21H22N2O4/c24-19(12-17-7-1-2-8-18(17)21(26)27)22-13-15-5-3-6-16(11-15)14-23-10-4-9-20(23)25/h1-3,5-8,11H,4,9-10,12-14H2,(H,22,24)(H,26,27). The number of likely N-dealkylation sites (tertiary alicyclic amines) is 1. The monoisotopic (exact) mass is 366 g/mol. The Bertz CT molecular complexity index is 863. The van der Waals surface area contributed by atoms with Gasteiger partial charge in [0.2, 0.25) is 11.8 Å². The summed E-state index contributed by atoms with van der Waals surface area (Å²) in [7, 11) is 0. The Hall–Kier alpha value is -3.15. The molecule has 2 amide bonds. The molecule has 3 rings (SSSR count). The van der Waals surface area contributed by atoms with Crippen LogP contribution in [0.25, 0.3) is 0 Å². The SMILES string of the molecule is O=C(Cc1ccccc1C(=O)O)NCc1cccc(CN2CCCC2=O)c1. The van der Waals surface area contributed by atoms with Gasteiger partial charge in [-0.3, -0.25) is 9.59 Å². The van der Waals surface area contributed by atoms with Gasteiger partial charge in [-0.15, -0.1) is 0 Å². The number of carboxylic acid groups (broad SMARTS) is 1. The third-order valence-electron chi connectivity index (χ3n) is 4.62. The summed E-state index contributed by atoms with van der Waals surface area (Å²) in [4.78, 5) is 37.0. The van der Waals surface area contributed by atoms with Crippen molar-refractivity contribution in [1.82, 2.24) is 10.2 Å². The second kappa shape index (κ2) is 8.49. The van der Waals surface area contributed by atoms with E-state index in [4.69, 9.17) is 0 Å². The lowest BCUT2D eigenvalue weighted by molar-refractivity contribution is -0.128. The molecule has 2 aromatic rings. The molecule has 2 N–H and O–H groups in total. The number of hydrogen-bond acceptors (Lipinski definition) is 3. The van der Waals surface area contributed by atoms with Crippen molar-refractivity contribution in [2.45, 2.75) is 32.4 Å². The molecule has 27 heavy (non-hydrogen) atoms. The zero-order valence-electron chi connectivity index (χ0n) is 15.0. The van der Waals surface area contributed by atoms with Crippen LogP contribution in [0.2, 0.25) is 0 Å². The van der Waals surface area contributed by atoms with Gasteiger partial charge in [0.05, 0.1) is 12.0 Å². The number of rotatable bonds is 7. The summed E-state index contributed by atoms with van der Waals surface area (Å²) in [5.41, 5.74) is 2.61. The molecule has 0 bridgehead atoms. The van der Waals surface area contributed by atoms with Crippen molar-refractivity contribution in [3.8, 4) is 0 Å². The zero-order chi connectivity index (χ0) is 19.2. The highest BCUT2D eigenvalue weighted by molar-refractivity contribution is 5.91. The van der Waals surface area contributed by atoms with Crippen LogP contribution in [-0.2, 0) is 29.1 Å². The first-order valence-electron chi connectivity index (χ1n) is 8.96. The van der Waals surface area contributed by atoms with E-state index in [1.807, 2.05) is 29.2 Å². The lowest BCUT2D eigenvalue weighted by Gasteiger charge is -2.16. The summed E-state index contributed by atoms with van der Waals surface area (Å²) in [6.45, 7) is 1.74. The molecule has 2 aromatic carbocycles. The van der Waals surface area contributed by atoms with Crippen LogP contribution >= 0.6 is 0 Å². The number of nitrogens with zero attached hydrogens (tertiary/aromatic N) is 1. The number of carboxylic acids is 1. The maximum absolute atomic E-state index is 12.2. The van der Waals surface area contributed by atoms with Gasteiger partial charge in [0, 0.05) is 26.1 Å². The molecule has 0 aromatic heterocycles. The van der Waals surface area contributed by atoms with Gasteiger partial charge in [-0.05, 0) is 29.2 Å². The van der Waals surface area contributed by atoms with Crippen molar-refractivity contribution in [2.75, 3.05) is 6.54 Å². The Morgan fingerprint density at radius 2 is 1.85 bits per heavy atom. The number of nitrogens with one attached hydrogen (secondary N) is 1. The molecule has 1 heterocycles. The molecule has 0 aliphatic carbocycles. The van der Waals surface area contributed by atoms with Crippen molar-refractivity contribution in [3.63, 3.8) is 0 Å². The van der Waals surface area contributed by atoms with E-state index in [1.54, 1.807) is 18.2 Å². The summed E-state index contributed by atoms with van der Waals surface area (Å²) < 4.78 is 0. The molecule has 0 spiro atoms. The second-order valence-corrected chi connectivity index (χ2v) is 6.65. The normalized spacial score (nSPS) is 13.6. The first-order chi connectivity index (χ1) is 13.0. The van der Waals surface area contributed by atoms with Gasteiger partial charge in [0.15, 0.2) is 0 Å². The predicted molar refractivity (Wildman–Crippen MR) is 100 cm³/mol. The highest BCUT2D eigenvalue weighted by Gasteiger charge is 2.20. The van der Waals surface area contributed by atoms with E-state index in [-0.39, 0.29) is 23.8 Å². The van der Waals surface area contributed by atoms with Crippen molar-refractivity contribution < 1.29 is 19.5 Å². The quantitative estimate of drug-likeness (QED) is 0.788. The fourth-order valence-electron chi connectivity index (χ4n) is 3.25. The maximum atomic E-state index is 12.2. The summed E-state index contributed by atoms with van der Waals surface area (Å²) >= 11 is 0. The van der Waals surface area contributed by atoms with Crippen LogP contribution in [0.4, 0.5) is 0 Å². The predicted octanol–water partition coefficient (Wildman–Crippen LogP) is 2.37. The molecule has 6 heteroatoms. The van der Waals surface area contributed by atoms with Gasteiger partial charge in [0.25, 0.3) is 0 Å². The molecule has 1 aliphatic heterocycles. The molecule has 6 nitrogen and oxygen atoms in total. The summed E-state index contributed by atoms with van der Waals surface area (Å²) in [6.07, 6.45) is 1.55. The van der Waals surface area contributed by atoms with E-state index in [0.717, 1.165) is 24.1 Å². The van der Waals surface area contributed by atoms with E-state index < -0.39 is 5.97 Å². The third kappa shape index (κ3) is 4.94. The van der Waals surface area contributed by atoms with Gasteiger partial charge < -0.3 is 15.3 Å². The Kier molecular flexibility index (Phi) is 5.86. The third-order valence-corrected chi connectivity index (χ3v) is 4.62. The molecular formula is C21H22N2O4. The lowest BCUT2D eigenvalue weighted by atomic mass is 10.0. The fourth-order valence-corrected chi connectivity index (χ4v) is 3.25. The van der Waals surface area contributed by atoms with E-state index in [2.05, 4.69) is 5.32 Å². The van der Waals surface area contributed by atoms with Crippen molar-refractivity contribution in [2.24, 2.45) is 0 Å². The molecule has 0 saturated carbocycles. The molecule has 1 aliphatic rings. The highest BCUT2D eigenvalue weighted by atomic mass is 16.4. The largest absolute Gasteiger partial charge is 0.478 e. The fraction of sp³-hybridized carbons (Fsp3) is 0.286. The maximum Gasteiger partial charge on any atom is 0.335 e. The molecule has 0 radical (unpaired) electrons. The van der Waals surface area contributed by atoms with Crippen LogP contribution in [-0.4, -0.2) is 34.3 Å². The average molecular weight is 366 g/mol. The summed E-state index contributed by atoms with van der Waals surface area (Å²) in [6, 6.07) is 14.3. The van der Waals surface area contributed by atoms with E-state index in [1.165, 1.54) is 6.07 Å². The minimum absolute atomic E-state index is 0.0183. The molecular weight excluding hydrogens is 344 g/mol. The smallest absolute Gasteiger partial charge is 0.335 e. The van der Waals surface area contributed by atoms with Crippen LogP contribution in [0.3, 0.4) is 0 Å². The van der Waals surface area contributed by atoms with Gasteiger partial charge in [-0.2, -0.15) is 0 Å². The van der Waals surface area contributed by atoms with E-state index >= 15 is 0 Å². The lowest BCUT2D eigenvalue weighted by Crippen LogP contribution is -2.26. The number of hydrogen-bond donors (Lipinski definition) is 2. The Morgan fingerprint density at radius 1 is 1.07 bits per heavy atom. The molecule has 1 saturated heterocycles. The van der Waals surface area contributed by atoms with E-state index in [9.17, 15) is 19.5 Å². The molecule has 0 atom stereocenters. The number of carbonyl (C=O) groups is 3. The molecule has 1 fully saturated rings. The van der Waals surface area contributed by atoms with E-state index in [0.29, 0.717) is 25.1 Å².